The lowest BCUT2D eigenvalue weighted by atomic mass is 10.1. The van der Waals surface area contributed by atoms with E-state index in [9.17, 15) is 9.59 Å². The number of carbonyl (C=O) groups excluding carboxylic acids is 2. The zero-order valence-corrected chi connectivity index (χ0v) is 17.3. The van der Waals surface area contributed by atoms with Gasteiger partial charge in [0.15, 0.2) is 0 Å². The van der Waals surface area contributed by atoms with Crippen molar-refractivity contribution in [1.29, 1.82) is 0 Å². The van der Waals surface area contributed by atoms with Gasteiger partial charge >= 0.3 is 0 Å². The number of nitrogens with one attached hydrogen (secondary N) is 1. The standard InChI is InChI=1S/C22H18Cl2N4O2/c23-15-5-3-8-18(11-15)27-14-20(21(29)26-13-17-7-1-2-10-25-17)22(30)28(27)19-9-4-6-16(24)12-19/h1-12,20H,13-14H2,(H,26,29). The first-order chi connectivity index (χ1) is 14.5. The molecule has 1 saturated heterocycles. The summed E-state index contributed by atoms with van der Waals surface area (Å²) in [5.74, 6) is -1.58. The molecule has 4 rings (SSSR count). The predicted molar refractivity (Wildman–Crippen MR) is 117 cm³/mol. The van der Waals surface area contributed by atoms with Gasteiger partial charge in [-0.25, -0.2) is 5.01 Å². The molecule has 3 aromatic rings. The SMILES string of the molecule is O=C(NCc1ccccn1)C1CN(c2cccc(Cl)c2)N(c2cccc(Cl)c2)C1=O. The van der Waals surface area contributed by atoms with Crippen LogP contribution < -0.4 is 15.3 Å². The average molecular weight is 441 g/mol. The highest BCUT2D eigenvalue weighted by Crippen LogP contribution is 2.33. The molecule has 1 unspecified atom stereocenters. The van der Waals surface area contributed by atoms with Gasteiger partial charge in [-0.05, 0) is 48.5 Å². The fourth-order valence-corrected chi connectivity index (χ4v) is 3.70. The van der Waals surface area contributed by atoms with E-state index in [0.29, 0.717) is 21.4 Å². The number of aromatic nitrogens is 1. The van der Waals surface area contributed by atoms with Crippen molar-refractivity contribution < 1.29 is 9.59 Å². The molecule has 2 aromatic carbocycles. The number of nitrogens with zero attached hydrogens (tertiary/aromatic N) is 3. The van der Waals surface area contributed by atoms with Gasteiger partial charge in [-0.1, -0.05) is 41.4 Å². The molecule has 0 bridgehead atoms. The summed E-state index contributed by atoms with van der Waals surface area (Å²) in [7, 11) is 0. The Bertz CT molecular complexity index is 1080. The van der Waals surface area contributed by atoms with Crippen LogP contribution in [0, 0.1) is 5.92 Å². The maximum atomic E-state index is 13.3. The normalized spacial score (nSPS) is 16.1. The molecule has 1 N–H and O–H groups in total. The van der Waals surface area contributed by atoms with Crippen LogP contribution in [0.2, 0.25) is 10.0 Å². The van der Waals surface area contributed by atoms with Gasteiger partial charge in [0.05, 0.1) is 30.2 Å². The zero-order valence-electron chi connectivity index (χ0n) is 15.8. The fourth-order valence-electron chi connectivity index (χ4n) is 3.33. The lowest BCUT2D eigenvalue weighted by molar-refractivity contribution is -0.131. The van der Waals surface area contributed by atoms with Gasteiger partial charge in [0.1, 0.15) is 5.92 Å². The Hall–Kier alpha value is -3.09. The smallest absolute Gasteiger partial charge is 0.260 e. The minimum absolute atomic E-state index is 0.180. The third-order valence-electron chi connectivity index (χ3n) is 4.75. The van der Waals surface area contributed by atoms with E-state index in [2.05, 4.69) is 10.3 Å². The zero-order chi connectivity index (χ0) is 21.1. The van der Waals surface area contributed by atoms with Gasteiger partial charge in [0.2, 0.25) is 5.91 Å². The number of carbonyl (C=O) groups is 2. The van der Waals surface area contributed by atoms with Crippen LogP contribution in [0.5, 0.6) is 0 Å². The van der Waals surface area contributed by atoms with Crippen molar-refractivity contribution in [3.8, 4) is 0 Å². The van der Waals surface area contributed by atoms with E-state index in [-0.39, 0.29) is 24.9 Å². The molecule has 0 aliphatic carbocycles. The maximum Gasteiger partial charge on any atom is 0.260 e. The molecule has 6 nitrogen and oxygen atoms in total. The number of rotatable bonds is 5. The summed E-state index contributed by atoms with van der Waals surface area (Å²) in [4.78, 5) is 30.3. The first kappa shape index (κ1) is 20.2. The number of halogens is 2. The van der Waals surface area contributed by atoms with Crippen LogP contribution in [-0.4, -0.2) is 23.3 Å². The van der Waals surface area contributed by atoms with Crippen molar-refractivity contribution in [1.82, 2.24) is 10.3 Å². The molecule has 2 amide bonds. The van der Waals surface area contributed by atoms with Crippen LogP contribution in [-0.2, 0) is 16.1 Å². The molecule has 152 valence electrons. The molecular formula is C22H18Cl2N4O2. The minimum Gasteiger partial charge on any atom is -0.350 e. The van der Waals surface area contributed by atoms with E-state index in [1.165, 1.54) is 5.01 Å². The summed E-state index contributed by atoms with van der Waals surface area (Å²) < 4.78 is 0. The van der Waals surface area contributed by atoms with E-state index in [1.54, 1.807) is 59.7 Å². The molecule has 1 aliphatic heterocycles. The van der Waals surface area contributed by atoms with Crippen LogP contribution in [0.4, 0.5) is 11.4 Å². The van der Waals surface area contributed by atoms with Gasteiger partial charge in [-0.2, -0.15) is 0 Å². The first-order valence-corrected chi connectivity index (χ1v) is 10.1. The topological polar surface area (TPSA) is 65.5 Å². The summed E-state index contributed by atoms with van der Waals surface area (Å²) in [6, 6.07) is 19.5. The highest BCUT2D eigenvalue weighted by atomic mass is 35.5. The van der Waals surface area contributed by atoms with Gasteiger partial charge < -0.3 is 5.32 Å². The summed E-state index contributed by atoms with van der Waals surface area (Å²) in [5.41, 5.74) is 2.00. The largest absolute Gasteiger partial charge is 0.350 e. The second kappa shape index (κ2) is 8.73. The van der Waals surface area contributed by atoms with Crippen LogP contribution >= 0.6 is 23.2 Å². The molecule has 0 spiro atoms. The molecule has 2 heterocycles. The number of amides is 2. The maximum absolute atomic E-state index is 13.3. The van der Waals surface area contributed by atoms with Gasteiger partial charge in [0.25, 0.3) is 5.91 Å². The number of hydrogen-bond acceptors (Lipinski definition) is 4. The Morgan fingerprint density at radius 2 is 1.70 bits per heavy atom. The number of hydrazine groups is 1. The van der Waals surface area contributed by atoms with Crippen molar-refractivity contribution in [2.24, 2.45) is 5.92 Å². The van der Waals surface area contributed by atoms with Crippen molar-refractivity contribution >= 4 is 46.4 Å². The molecule has 0 radical (unpaired) electrons. The minimum atomic E-state index is -0.883. The molecule has 1 aromatic heterocycles. The third-order valence-corrected chi connectivity index (χ3v) is 5.22. The van der Waals surface area contributed by atoms with E-state index in [0.717, 1.165) is 5.69 Å². The first-order valence-electron chi connectivity index (χ1n) is 9.33. The van der Waals surface area contributed by atoms with E-state index >= 15 is 0 Å². The second-order valence-corrected chi connectivity index (χ2v) is 7.66. The average Bonchev–Trinajstić information content (AvgIpc) is 3.10. The van der Waals surface area contributed by atoms with E-state index < -0.39 is 5.92 Å². The number of anilines is 2. The molecule has 1 atom stereocenters. The van der Waals surface area contributed by atoms with Crippen molar-refractivity contribution in [2.45, 2.75) is 6.54 Å². The van der Waals surface area contributed by atoms with Crippen molar-refractivity contribution in [3.05, 3.63) is 88.7 Å². The Morgan fingerprint density at radius 1 is 1.00 bits per heavy atom. The third kappa shape index (κ3) is 4.25. The molecule has 1 aliphatic rings. The van der Waals surface area contributed by atoms with Gasteiger partial charge in [-0.3, -0.25) is 19.6 Å². The molecule has 0 saturated carbocycles. The Kier molecular flexibility index (Phi) is 5.88. The number of benzene rings is 2. The van der Waals surface area contributed by atoms with Crippen LogP contribution in [0.25, 0.3) is 0 Å². The molecule has 30 heavy (non-hydrogen) atoms. The lowest BCUT2D eigenvalue weighted by Crippen LogP contribution is -2.40. The highest BCUT2D eigenvalue weighted by molar-refractivity contribution is 6.31. The molecule has 8 heteroatoms. The van der Waals surface area contributed by atoms with E-state index in [4.69, 9.17) is 23.2 Å². The van der Waals surface area contributed by atoms with Gasteiger partial charge in [0, 0.05) is 16.2 Å². The fraction of sp³-hybridized carbons (Fsp3) is 0.136. The van der Waals surface area contributed by atoms with Crippen molar-refractivity contribution in [3.63, 3.8) is 0 Å². The number of hydrogen-bond donors (Lipinski definition) is 1. The van der Waals surface area contributed by atoms with Crippen LogP contribution in [0.15, 0.2) is 72.9 Å². The lowest BCUT2D eigenvalue weighted by Gasteiger charge is -2.29. The number of pyridine rings is 1. The monoisotopic (exact) mass is 440 g/mol. The second-order valence-electron chi connectivity index (χ2n) is 6.78. The van der Waals surface area contributed by atoms with E-state index in [1.807, 2.05) is 18.2 Å². The Labute approximate surface area is 184 Å². The molecular weight excluding hydrogens is 423 g/mol. The van der Waals surface area contributed by atoms with Crippen LogP contribution in [0.1, 0.15) is 5.69 Å². The Morgan fingerprint density at radius 3 is 2.37 bits per heavy atom. The quantitative estimate of drug-likeness (QED) is 0.606. The highest BCUT2D eigenvalue weighted by Gasteiger charge is 2.43. The Balaban J connectivity index is 1.62. The summed E-state index contributed by atoms with van der Waals surface area (Å²) in [6.45, 7) is 0.428. The predicted octanol–water partition coefficient (Wildman–Crippen LogP) is 4.09. The van der Waals surface area contributed by atoms with Gasteiger partial charge in [-0.15, -0.1) is 0 Å². The van der Waals surface area contributed by atoms with Crippen LogP contribution in [0.3, 0.4) is 0 Å². The summed E-state index contributed by atoms with van der Waals surface area (Å²) >= 11 is 12.3. The summed E-state index contributed by atoms with van der Waals surface area (Å²) in [5, 5.41) is 7.06. The summed E-state index contributed by atoms with van der Waals surface area (Å²) in [6.07, 6.45) is 1.66. The van der Waals surface area contributed by atoms with Crippen molar-refractivity contribution in [2.75, 3.05) is 16.6 Å². The molecule has 1 fully saturated rings.